The summed E-state index contributed by atoms with van der Waals surface area (Å²) in [7, 11) is 0. The molecule has 4 nitrogen and oxygen atoms in total. The highest BCUT2D eigenvalue weighted by Crippen LogP contribution is 2.19. The Bertz CT molecular complexity index is 268. The Morgan fingerprint density at radius 1 is 1.57 bits per heavy atom. The zero-order chi connectivity index (χ0) is 10.8. The highest BCUT2D eigenvalue weighted by Gasteiger charge is 2.31. The smallest absolute Gasteiger partial charge is 0.250 e. The average Bonchev–Trinajstić information content (AvgIpc) is 2.51. The van der Waals surface area contributed by atoms with Crippen molar-refractivity contribution < 1.29 is 9.53 Å². The minimum atomic E-state index is -0.813. The third-order valence-electron chi connectivity index (χ3n) is 2.24. The Morgan fingerprint density at radius 2 is 2.21 bits per heavy atom. The zero-order valence-electron chi connectivity index (χ0n) is 8.83. The molecule has 1 amide bonds. The van der Waals surface area contributed by atoms with E-state index in [1.54, 1.807) is 13.8 Å². The van der Waals surface area contributed by atoms with Gasteiger partial charge in [0.1, 0.15) is 11.6 Å². The summed E-state index contributed by atoms with van der Waals surface area (Å²) in [5.41, 5.74) is -0.813. The molecule has 0 aromatic rings. The molecule has 1 N–H and O–H groups in total. The molecule has 0 spiro atoms. The molecule has 0 aromatic carbocycles. The minimum absolute atomic E-state index is 0.149. The third kappa shape index (κ3) is 2.71. The van der Waals surface area contributed by atoms with Gasteiger partial charge in [0, 0.05) is 0 Å². The molecule has 2 unspecified atom stereocenters. The third-order valence-corrected chi connectivity index (χ3v) is 2.24. The number of carbonyl (C=O) groups excluding carboxylic acids is 1. The Hall–Kier alpha value is -1.08. The van der Waals surface area contributed by atoms with Gasteiger partial charge in [-0.15, -0.1) is 0 Å². The lowest BCUT2D eigenvalue weighted by Crippen LogP contribution is -2.46. The number of amides is 1. The number of nitrogens with zero attached hydrogens (tertiary/aromatic N) is 1. The van der Waals surface area contributed by atoms with Crippen molar-refractivity contribution in [3.63, 3.8) is 0 Å². The maximum atomic E-state index is 11.6. The fraction of sp³-hybridized carbons (Fsp3) is 0.800. The Labute approximate surface area is 84.2 Å². The summed E-state index contributed by atoms with van der Waals surface area (Å²) in [6.07, 6.45) is 1.42. The molecular formula is C10H16N2O2. The molecule has 1 aliphatic rings. The van der Waals surface area contributed by atoms with E-state index in [0.717, 1.165) is 12.8 Å². The van der Waals surface area contributed by atoms with Crippen LogP contribution in [-0.2, 0) is 9.53 Å². The summed E-state index contributed by atoms with van der Waals surface area (Å²) in [4.78, 5) is 11.6. The van der Waals surface area contributed by atoms with E-state index in [1.807, 2.05) is 13.0 Å². The average molecular weight is 196 g/mol. The predicted octanol–water partition coefficient (Wildman–Crippen LogP) is 0.972. The standard InChI is InChI=1S/C10H16N2O2/c1-7-4-5-8(14-7)9(13)12-10(2,3)6-11/h7-8H,4-5H2,1-3H3,(H,12,13). The van der Waals surface area contributed by atoms with Crippen molar-refractivity contribution in [1.29, 1.82) is 5.26 Å². The molecule has 0 bridgehead atoms. The predicted molar refractivity (Wildman–Crippen MR) is 51.4 cm³/mol. The van der Waals surface area contributed by atoms with Crippen LogP contribution in [0.4, 0.5) is 0 Å². The van der Waals surface area contributed by atoms with Gasteiger partial charge in [-0.25, -0.2) is 0 Å². The molecule has 78 valence electrons. The number of hydrogen-bond acceptors (Lipinski definition) is 3. The quantitative estimate of drug-likeness (QED) is 0.715. The maximum absolute atomic E-state index is 11.6. The zero-order valence-corrected chi connectivity index (χ0v) is 8.83. The number of nitrogens with one attached hydrogen (secondary N) is 1. The van der Waals surface area contributed by atoms with Crippen LogP contribution in [0.15, 0.2) is 0 Å². The van der Waals surface area contributed by atoms with Gasteiger partial charge >= 0.3 is 0 Å². The topological polar surface area (TPSA) is 62.1 Å². The van der Waals surface area contributed by atoms with Crippen molar-refractivity contribution in [2.75, 3.05) is 0 Å². The van der Waals surface area contributed by atoms with E-state index < -0.39 is 5.54 Å². The number of nitriles is 1. The molecule has 1 saturated heterocycles. The van der Waals surface area contributed by atoms with Crippen LogP contribution in [-0.4, -0.2) is 23.7 Å². The summed E-state index contributed by atoms with van der Waals surface area (Å²) in [5, 5.41) is 11.4. The molecule has 1 rings (SSSR count). The molecule has 2 atom stereocenters. The monoisotopic (exact) mass is 196 g/mol. The Morgan fingerprint density at radius 3 is 2.64 bits per heavy atom. The van der Waals surface area contributed by atoms with Crippen LogP contribution < -0.4 is 5.32 Å². The Kier molecular flexibility index (Phi) is 3.12. The lowest BCUT2D eigenvalue weighted by atomic mass is 10.1. The highest BCUT2D eigenvalue weighted by atomic mass is 16.5. The molecule has 0 aromatic heterocycles. The van der Waals surface area contributed by atoms with Crippen molar-refractivity contribution in [3.05, 3.63) is 0 Å². The van der Waals surface area contributed by atoms with Gasteiger partial charge < -0.3 is 10.1 Å². The van der Waals surface area contributed by atoms with Gasteiger partial charge in [0.2, 0.25) is 5.91 Å². The molecular weight excluding hydrogens is 180 g/mol. The van der Waals surface area contributed by atoms with Gasteiger partial charge in [0.15, 0.2) is 0 Å². The first-order chi connectivity index (χ1) is 6.44. The summed E-state index contributed by atoms with van der Waals surface area (Å²) >= 11 is 0. The number of rotatable bonds is 2. The van der Waals surface area contributed by atoms with Gasteiger partial charge in [-0.05, 0) is 33.6 Å². The van der Waals surface area contributed by atoms with E-state index in [2.05, 4.69) is 5.32 Å². The lowest BCUT2D eigenvalue weighted by Gasteiger charge is -2.20. The minimum Gasteiger partial charge on any atom is -0.365 e. The van der Waals surface area contributed by atoms with E-state index in [-0.39, 0.29) is 18.1 Å². The largest absolute Gasteiger partial charge is 0.365 e. The molecule has 1 aliphatic heterocycles. The number of hydrogen-bond donors (Lipinski definition) is 1. The molecule has 1 heterocycles. The fourth-order valence-electron chi connectivity index (χ4n) is 1.41. The van der Waals surface area contributed by atoms with Crippen LogP contribution >= 0.6 is 0 Å². The molecule has 0 aliphatic carbocycles. The lowest BCUT2D eigenvalue weighted by molar-refractivity contribution is -0.132. The van der Waals surface area contributed by atoms with Crippen molar-refractivity contribution >= 4 is 5.91 Å². The van der Waals surface area contributed by atoms with Crippen molar-refractivity contribution in [1.82, 2.24) is 5.32 Å². The van der Waals surface area contributed by atoms with Crippen molar-refractivity contribution in [2.45, 2.75) is 51.4 Å². The maximum Gasteiger partial charge on any atom is 0.250 e. The molecule has 0 saturated carbocycles. The van der Waals surface area contributed by atoms with Gasteiger partial charge in [-0.2, -0.15) is 5.26 Å². The first-order valence-corrected chi connectivity index (χ1v) is 4.83. The van der Waals surface area contributed by atoms with Gasteiger partial charge in [-0.3, -0.25) is 4.79 Å². The summed E-state index contributed by atoms with van der Waals surface area (Å²) < 4.78 is 5.39. The molecule has 4 heteroatoms. The van der Waals surface area contributed by atoms with Crippen LogP contribution in [0.25, 0.3) is 0 Å². The second kappa shape index (κ2) is 3.97. The van der Waals surface area contributed by atoms with Gasteiger partial charge in [0.25, 0.3) is 0 Å². The SMILES string of the molecule is CC1CCC(C(=O)NC(C)(C)C#N)O1. The second-order valence-corrected chi connectivity index (χ2v) is 4.24. The van der Waals surface area contributed by atoms with Crippen molar-refractivity contribution in [2.24, 2.45) is 0 Å². The first-order valence-electron chi connectivity index (χ1n) is 4.83. The number of carbonyl (C=O) groups is 1. The van der Waals surface area contributed by atoms with Crippen LogP contribution in [0.3, 0.4) is 0 Å². The van der Waals surface area contributed by atoms with Crippen LogP contribution in [0.5, 0.6) is 0 Å². The number of ether oxygens (including phenoxy) is 1. The van der Waals surface area contributed by atoms with Gasteiger partial charge in [0.05, 0.1) is 12.2 Å². The van der Waals surface area contributed by atoms with Crippen LogP contribution in [0, 0.1) is 11.3 Å². The highest BCUT2D eigenvalue weighted by molar-refractivity contribution is 5.82. The van der Waals surface area contributed by atoms with Gasteiger partial charge in [-0.1, -0.05) is 0 Å². The van der Waals surface area contributed by atoms with E-state index in [0.29, 0.717) is 0 Å². The molecule has 1 fully saturated rings. The van der Waals surface area contributed by atoms with E-state index in [1.165, 1.54) is 0 Å². The van der Waals surface area contributed by atoms with Crippen LogP contribution in [0.1, 0.15) is 33.6 Å². The summed E-state index contributed by atoms with van der Waals surface area (Å²) in [6.45, 7) is 5.29. The van der Waals surface area contributed by atoms with E-state index in [9.17, 15) is 4.79 Å². The molecule has 14 heavy (non-hydrogen) atoms. The van der Waals surface area contributed by atoms with Crippen LogP contribution in [0.2, 0.25) is 0 Å². The Balaban J connectivity index is 2.48. The van der Waals surface area contributed by atoms with E-state index in [4.69, 9.17) is 10.00 Å². The molecule has 0 radical (unpaired) electrons. The second-order valence-electron chi connectivity index (χ2n) is 4.24. The summed E-state index contributed by atoms with van der Waals surface area (Å²) in [6, 6.07) is 2.02. The summed E-state index contributed by atoms with van der Waals surface area (Å²) in [5.74, 6) is -0.180. The normalized spacial score (nSPS) is 27.0. The fourth-order valence-corrected chi connectivity index (χ4v) is 1.41. The first kappa shape index (κ1) is 11.0. The van der Waals surface area contributed by atoms with E-state index >= 15 is 0 Å². The van der Waals surface area contributed by atoms with Crippen molar-refractivity contribution in [3.8, 4) is 6.07 Å².